The van der Waals surface area contributed by atoms with Gasteiger partial charge in [0.2, 0.25) is 0 Å². The van der Waals surface area contributed by atoms with Crippen LogP contribution in [0.5, 0.6) is 0 Å². The number of hydrogen-bond donors (Lipinski definition) is 2. The summed E-state index contributed by atoms with van der Waals surface area (Å²) in [6.07, 6.45) is -0.336. The minimum absolute atomic E-state index is 0.00755. The van der Waals surface area contributed by atoms with Crippen LogP contribution in [0.15, 0.2) is 42.9 Å². The SMILES string of the molecule is NNC(Cc1ccccn1)c1cnccc1C(F)(F)F. The van der Waals surface area contributed by atoms with Crippen LogP contribution in [0.1, 0.15) is 22.9 Å². The van der Waals surface area contributed by atoms with Crippen molar-refractivity contribution in [1.29, 1.82) is 0 Å². The van der Waals surface area contributed by atoms with Gasteiger partial charge in [-0.2, -0.15) is 13.2 Å². The van der Waals surface area contributed by atoms with Crippen LogP contribution < -0.4 is 11.3 Å². The molecule has 0 fully saturated rings. The number of halogens is 3. The molecule has 20 heavy (non-hydrogen) atoms. The van der Waals surface area contributed by atoms with Crippen LogP contribution in [-0.2, 0) is 12.6 Å². The molecule has 0 bridgehead atoms. The maximum Gasteiger partial charge on any atom is 0.416 e. The number of aromatic nitrogens is 2. The van der Waals surface area contributed by atoms with Crippen molar-refractivity contribution < 1.29 is 13.2 Å². The van der Waals surface area contributed by atoms with Crippen LogP contribution in [-0.4, -0.2) is 9.97 Å². The summed E-state index contributed by atoms with van der Waals surface area (Å²) in [4.78, 5) is 7.84. The Morgan fingerprint density at radius 3 is 2.60 bits per heavy atom. The van der Waals surface area contributed by atoms with E-state index in [4.69, 9.17) is 5.84 Å². The van der Waals surface area contributed by atoms with Crippen molar-refractivity contribution in [2.75, 3.05) is 0 Å². The molecule has 1 unspecified atom stereocenters. The number of pyridine rings is 2. The highest BCUT2D eigenvalue weighted by Crippen LogP contribution is 2.34. The Kier molecular flexibility index (Phi) is 4.31. The van der Waals surface area contributed by atoms with Gasteiger partial charge in [-0.15, -0.1) is 0 Å². The summed E-state index contributed by atoms with van der Waals surface area (Å²) in [5.74, 6) is 5.39. The lowest BCUT2D eigenvalue weighted by molar-refractivity contribution is -0.138. The number of nitrogens with two attached hydrogens (primary N) is 1. The molecule has 0 aromatic carbocycles. The normalized spacial score (nSPS) is 13.2. The predicted octanol–water partition coefficient (Wildman–Crippen LogP) is 2.24. The molecular weight excluding hydrogens is 269 g/mol. The van der Waals surface area contributed by atoms with Gasteiger partial charge in [0.05, 0.1) is 11.6 Å². The van der Waals surface area contributed by atoms with Crippen LogP contribution in [0.3, 0.4) is 0 Å². The van der Waals surface area contributed by atoms with Crippen molar-refractivity contribution in [3.05, 3.63) is 59.7 Å². The van der Waals surface area contributed by atoms with Crippen molar-refractivity contribution in [2.24, 2.45) is 5.84 Å². The first-order valence-corrected chi connectivity index (χ1v) is 5.89. The molecule has 106 valence electrons. The van der Waals surface area contributed by atoms with Gasteiger partial charge in [0.15, 0.2) is 0 Å². The summed E-state index contributed by atoms with van der Waals surface area (Å²) in [6.45, 7) is 0. The Bertz CT molecular complexity index is 557. The Labute approximate surface area is 113 Å². The largest absolute Gasteiger partial charge is 0.416 e. The maximum atomic E-state index is 13.0. The molecule has 0 spiro atoms. The smallest absolute Gasteiger partial charge is 0.271 e. The first-order chi connectivity index (χ1) is 9.52. The standard InChI is InChI=1S/C13H13F3N4/c14-13(15,16)11-4-6-18-8-10(11)12(20-17)7-9-3-1-2-5-19-9/h1-6,8,12,20H,7,17H2. The van der Waals surface area contributed by atoms with Gasteiger partial charge >= 0.3 is 6.18 Å². The van der Waals surface area contributed by atoms with E-state index in [1.165, 1.54) is 6.20 Å². The monoisotopic (exact) mass is 282 g/mol. The van der Waals surface area contributed by atoms with E-state index in [-0.39, 0.29) is 12.0 Å². The number of hydrogen-bond acceptors (Lipinski definition) is 4. The molecule has 1 atom stereocenters. The van der Waals surface area contributed by atoms with E-state index >= 15 is 0 Å². The number of nitrogens with one attached hydrogen (secondary N) is 1. The van der Waals surface area contributed by atoms with Gasteiger partial charge in [-0.1, -0.05) is 6.07 Å². The third-order valence-electron chi connectivity index (χ3n) is 2.87. The van der Waals surface area contributed by atoms with Crippen LogP contribution in [0.4, 0.5) is 13.2 Å². The first-order valence-electron chi connectivity index (χ1n) is 5.89. The van der Waals surface area contributed by atoms with E-state index in [1.807, 2.05) is 0 Å². The predicted molar refractivity (Wildman–Crippen MR) is 67.2 cm³/mol. The average molecular weight is 282 g/mol. The Morgan fingerprint density at radius 2 is 2.00 bits per heavy atom. The molecule has 0 saturated carbocycles. The van der Waals surface area contributed by atoms with Crippen LogP contribution in [0, 0.1) is 0 Å². The molecular formula is C13H13F3N4. The summed E-state index contributed by atoms with van der Waals surface area (Å²) < 4.78 is 38.9. The molecule has 7 heteroatoms. The molecule has 2 rings (SSSR count). The van der Waals surface area contributed by atoms with Gasteiger partial charge in [-0.3, -0.25) is 21.2 Å². The maximum absolute atomic E-state index is 13.0. The Balaban J connectivity index is 2.33. The summed E-state index contributed by atoms with van der Waals surface area (Å²) in [7, 11) is 0. The van der Waals surface area contributed by atoms with E-state index in [1.54, 1.807) is 24.4 Å². The van der Waals surface area contributed by atoms with Crippen LogP contribution >= 0.6 is 0 Å². The van der Waals surface area contributed by atoms with Crippen molar-refractivity contribution in [3.8, 4) is 0 Å². The second kappa shape index (κ2) is 5.98. The minimum atomic E-state index is -4.45. The highest BCUT2D eigenvalue weighted by molar-refractivity contribution is 5.30. The van der Waals surface area contributed by atoms with Gasteiger partial charge < -0.3 is 0 Å². The molecule has 0 radical (unpaired) electrons. The van der Waals surface area contributed by atoms with E-state index in [2.05, 4.69) is 15.4 Å². The first kappa shape index (κ1) is 14.4. The van der Waals surface area contributed by atoms with E-state index in [0.717, 1.165) is 12.3 Å². The fourth-order valence-corrected chi connectivity index (χ4v) is 1.93. The highest BCUT2D eigenvalue weighted by atomic mass is 19.4. The lowest BCUT2D eigenvalue weighted by Gasteiger charge is -2.20. The zero-order valence-electron chi connectivity index (χ0n) is 10.4. The van der Waals surface area contributed by atoms with E-state index in [0.29, 0.717) is 5.69 Å². The molecule has 2 aromatic heterocycles. The van der Waals surface area contributed by atoms with Gasteiger partial charge in [0.1, 0.15) is 0 Å². The third-order valence-corrected chi connectivity index (χ3v) is 2.87. The second-order valence-electron chi connectivity index (χ2n) is 4.21. The molecule has 0 aliphatic rings. The fraction of sp³-hybridized carbons (Fsp3) is 0.231. The summed E-state index contributed by atoms with van der Waals surface area (Å²) in [6, 6.07) is 5.46. The highest BCUT2D eigenvalue weighted by Gasteiger charge is 2.35. The lowest BCUT2D eigenvalue weighted by atomic mass is 9.99. The Hall–Kier alpha value is -1.99. The van der Waals surface area contributed by atoms with Gasteiger partial charge in [-0.25, -0.2) is 0 Å². The minimum Gasteiger partial charge on any atom is -0.271 e. The molecule has 2 heterocycles. The van der Waals surface area contributed by atoms with Gasteiger partial charge in [0, 0.05) is 36.3 Å². The van der Waals surface area contributed by atoms with E-state index in [9.17, 15) is 13.2 Å². The third kappa shape index (κ3) is 3.31. The molecule has 0 aliphatic carbocycles. The van der Waals surface area contributed by atoms with Gasteiger partial charge in [-0.05, 0) is 18.2 Å². The van der Waals surface area contributed by atoms with Crippen molar-refractivity contribution in [2.45, 2.75) is 18.6 Å². The Morgan fingerprint density at radius 1 is 1.20 bits per heavy atom. The molecule has 0 amide bonds. The zero-order chi connectivity index (χ0) is 14.6. The average Bonchev–Trinajstić information content (AvgIpc) is 2.45. The van der Waals surface area contributed by atoms with Crippen LogP contribution in [0.2, 0.25) is 0 Å². The van der Waals surface area contributed by atoms with Crippen LogP contribution in [0.25, 0.3) is 0 Å². The topological polar surface area (TPSA) is 63.8 Å². The molecule has 0 saturated heterocycles. The number of alkyl halides is 3. The molecule has 3 N–H and O–H groups in total. The van der Waals surface area contributed by atoms with Crippen molar-refractivity contribution in [3.63, 3.8) is 0 Å². The molecule has 0 aliphatic heterocycles. The van der Waals surface area contributed by atoms with Crippen molar-refractivity contribution in [1.82, 2.24) is 15.4 Å². The fourth-order valence-electron chi connectivity index (χ4n) is 1.93. The lowest BCUT2D eigenvalue weighted by Crippen LogP contribution is -2.31. The quantitative estimate of drug-likeness (QED) is 0.667. The number of hydrazine groups is 1. The number of rotatable bonds is 4. The molecule has 2 aromatic rings. The summed E-state index contributed by atoms with van der Waals surface area (Å²) in [5, 5.41) is 0. The summed E-state index contributed by atoms with van der Waals surface area (Å²) in [5.41, 5.74) is 2.31. The second-order valence-corrected chi connectivity index (χ2v) is 4.21. The van der Waals surface area contributed by atoms with E-state index < -0.39 is 17.8 Å². The number of nitrogens with zero attached hydrogens (tertiary/aromatic N) is 2. The molecule has 4 nitrogen and oxygen atoms in total. The van der Waals surface area contributed by atoms with Crippen molar-refractivity contribution >= 4 is 0 Å². The summed E-state index contributed by atoms with van der Waals surface area (Å²) >= 11 is 0. The zero-order valence-corrected chi connectivity index (χ0v) is 10.4. The van der Waals surface area contributed by atoms with Gasteiger partial charge in [0.25, 0.3) is 0 Å².